The molecule has 1 atom stereocenters. The van der Waals surface area contributed by atoms with E-state index < -0.39 is 0 Å². The van der Waals surface area contributed by atoms with Crippen LogP contribution >= 0.6 is 0 Å². The first-order chi connectivity index (χ1) is 10.7. The van der Waals surface area contributed by atoms with Gasteiger partial charge in [-0.2, -0.15) is 0 Å². The molecule has 1 aromatic carbocycles. The third-order valence-corrected chi connectivity index (χ3v) is 3.58. The summed E-state index contributed by atoms with van der Waals surface area (Å²) in [6.45, 7) is 2.71. The molecule has 0 radical (unpaired) electrons. The zero-order valence-electron chi connectivity index (χ0n) is 12.5. The van der Waals surface area contributed by atoms with Crippen molar-refractivity contribution < 1.29 is 9.53 Å². The Morgan fingerprint density at radius 2 is 1.95 bits per heavy atom. The van der Waals surface area contributed by atoms with E-state index in [4.69, 9.17) is 4.74 Å². The van der Waals surface area contributed by atoms with E-state index in [-0.39, 0.29) is 12.0 Å². The molecule has 5 nitrogen and oxygen atoms in total. The van der Waals surface area contributed by atoms with Crippen molar-refractivity contribution in [3.8, 4) is 0 Å². The number of ether oxygens (including phenoxy) is 1. The number of aryl methyl sites for hydroxylation is 1. The van der Waals surface area contributed by atoms with Crippen molar-refractivity contribution in [2.24, 2.45) is 0 Å². The normalized spacial score (nSPS) is 17.2. The third-order valence-electron chi connectivity index (χ3n) is 3.58. The van der Waals surface area contributed by atoms with Crippen molar-refractivity contribution in [1.82, 2.24) is 4.98 Å². The van der Waals surface area contributed by atoms with Gasteiger partial charge in [0.15, 0.2) is 0 Å². The Morgan fingerprint density at radius 3 is 2.59 bits per heavy atom. The summed E-state index contributed by atoms with van der Waals surface area (Å²) < 4.78 is 5.35. The fourth-order valence-electron chi connectivity index (χ4n) is 2.33. The lowest BCUT2D eigenvalue weighted by molar-refractivity contribution is -0.124. The summed E-state index contributed by atoms with van der Waals surface area (Å²) in [5.74, 6) is 0.637. The standard InChI is InChI=1S/C17H19N3O2/c1-12-4-6-13(7-5-12)19-16-9-8-14(11-18-16)20-17(21)15-3-2-10-22-15/h4-9,11,15H,2-3,10H2,1H3,(H,18,19)(H,20,21). The lowest BCUT2D eigenvalue weighted by Crippen LogP contribution is -2.26. The molecule has 1 amide bonds. The van der Waals surface area contributed by atoms with Crippen LogP contribution in [0, 0.1) is 6.92 Å². The summed E-state index contributed by atoms with van der Waals surface area (Å²) in [7, 11) is 0. The van der Waals surface area contributed by atoms with E-state index in [1.807, 2.05) is 43.3 Å². The molecule has 2 heterocycles. The van der Waals surface area contributed by atoms with Crippen LogP contribution in [-0.2, 0) is 9.53 Å². The largest absolute Gasteiger partial charge is 0.368 e. The van der Waals surface area contributed by atoms with Crippen molar-refractivity contribution in [1.29, 1.82) is 0 Å². The van der Waals surface area contributed by atoms with Crippen LogP contribution in [-0.4, -0.2) is 23.6 Å². The lowest BCUT2D eigenvalue weighted by atomic mass is 10.2. The van der Waals surface area contributed by atoms with Gasteiger partial charge in [-0.1, -0.05) is 17.7 Å². The quantitative estimate of drug-likeness (QED) is 0.909. The number of hydrogen-bond donors (Lipinski definition) is 2. The molecule has 1 fully saturated rings. The second kappa shape index (κ2) is 6.58. The van der Waals surface area contributed by atoms with Crippen molar-refractivity contribution in [3.63, 3.8) is 0 Å². The topological polar surface area (TPSA) is 63.2 Å². The van der Waals surface area contributed by atoms with Gasteiger partial charge in [0.05, 0.1) is 11.9 Å². The van der Waals surface area contributed by atoms with E-state index >= 15 is 0 Å². The minimum Gasteiger partial charge on any atom is -0.368 e. The Balaban J connectivity index is 1.60. The van der Waals surface area contributed by atoms with Gasteiger partial charge in [0.25, 0.3) is 5.91 Å². The Bertz CT molecular complexity index is 632. The maximum atomic E-state index is 11.9. The molecule has 1 aromatic heterocycles. The molecule has 2 N–H and O–H groups in total. The van der Waals surface area contributed by atoms with Gasteiger partial charge in [0, 0.05) is 12.3 Å². The first-order valence-electron chi connectivity index (χ1n) is 7.43. The number of rotatable bonds is 4. The highest BCUT2D eigenvalue weighted by Gasteiger charge is 2.23. The number of hydrogen-bond acceptors (Lipinski definition) is 4. The summed E-state index contributed by atoms with van der Waals surface area (Å²) in [4.78, 5) is 16.3. The van der Waals surface area contributed by atoms with Crippen molar-refractivity contribution in [2.75, 3.05) is 17.2 Å². The van der Waals surface area contributed by atoms with E-state index in [0.29, 0.717) is 12.3 Å². The number of pyridine rings is 1. The molecule has 0 aliphatic carbocycles. The van der Waals surface area contributed by atoms with Gasteiger partial charge in [-0.05, 0) is 44.0 Å². The number of nitrogens with one attached hydrogen (secondary N) is 2. The second-order valence-corrected chi connectivity index (χ2v) is 5.41. The average molecular weight is 297 g/mol. The van der Waals surface area contributed by atoms with Gasteiger partial charge in [-0.15, -0.1) is 0 Å². The molecule has 1 aliphatic rings. The molecule has 22 heavy (non-hydrogen) atoms. The van der Waals surface area contributed by atoms with Crippen LogP contribution in [0.1, 0.15) is 18.4 Å². The number of anilines is 3. The predicted octanol–water partition coefficient (Wildman–Crippen LogP) is 3.25. The zero-order chi connectivity index (χ0) is 15.4. The molecule has 2 aromatic rings. The van der Waals surface area contributed by atoms with E-state index in [2.05, 4.69) is 15.6 Å². The monoisotopic (exact) mass is 297 g/mol. The van der Waals surface area contributed by atoms with Crippen LogP contribution in [0.3, 0.4) is 0 Å². The van der Waals surface area contributed by atoms with Crippen LogP contribution in [0.25, 0.3) is 0 Å². The van der Waals surface area contributed by atoms with Gasteiger partial charge in [-0.3, -0.25) is 4.79 Å². The minimum absolute atomic E-state index is 0.0986. The van der Waals surface area contributed by atoms with Crippen molar-refractivity contribution in [3.05, 3.63) is 48.2 Å². The number of nitrogens with zero attached hydrogens (tertiary/aromatic N) is 1. The van der Waals surface area contributed by atoms with Crippen LogP contribution in [0.15, 0.2) is 42.6 Å². The number of aromatic nitrogens is 1. The lowest BCUT2D eigenvalue weighted by Gasteiger charge is -2.11. The molecule has 0 spiro atoms. The molecular formula is C17H19N3O2. The average Bonchev–Trinajstić information content (AvgIpc) is 3.06. The summed E-state index contributed by atoms with van der Waals surface area (Å²) in [5.41, 5.74) is 2.87. The molecular weight excluding hydrogens is 278 g/mol. The smallest absolute Gasteiger partial charge is 0.253 e. The van der Waals surface area contributed by atoms with Gasteiger partial charge < -0.3 is 15.4 Å². The Kier molecular flexibility index (Phi) is 4.34. The minimum atomic E-state index is -0.328. The molecule has 1 unspecified atom stereocenters. The Labute approximate surface area is 129 Å². The van der Waals surface area contributed by atoms with E-state index in [1.165, 1.54) is 5.56 Å². The number of benzene rings is 1. The van der Waals surface area contributed by atoms with Gasteiger partial charge in [0.2, 0.25) is 0 Å². The van der Waals surface area contributed by atoms with Gasteiger partial charge in [-0.25, -0.2) is 4.98 Å². The maximum Gasteiger partial charge on any atom is 0.253 e. The molecule has 5 heteroatoms. The summed E-state index contributed by atoms with van der Waals surface area (Å²) in [6, 6.07) is 11.8. The fraction of sp³-hybridized carbons (Fsp3) is 0.294. The molecule has 1 aliphatic heterocycles. The SMILES string of the molecule is Cc1ccc(Nc2ccc(NC(=O)C3CCCO3)cn2)cc1. The van der Waals surface area contributed by atoms with Gasteiger partial charge >= 0.3 is 0 Å². The summed E-state index contributed by atoms with van der Waals surface area (Å²) in [6.07, 6.45) is 3.04. The highest BCUT2D eigenvalue weighted by atomic mass is 16.5. The number of amides is 1. The zero-order valence-corrected chi connectivity index (χ0v) is 12.5. The van der Waals surface area contributed by atoms with E-state index in [9.17, 15) is 4.79 Å². The molecule has 0 saturated carbocycles. The van der Waals surface area contributed by atoms with Crippen LogP contribution in [0.4, 0.5) is 17.2 Å². The second-order valence-electron chi connectivity index (χ2n) is 5.41. The predicted molar refractivity (Wildman–Crippen MR) is 86.3 cm³/mol. The fourth-order valence-corrected chi connectivity index (χ4v) is 2.33. The van der Waals surface area contributed by atoms with E-state index in [1.54, 1.807) is 6.20 Å². The van der Waals surface area contributed by atoms with Crippen molar-refractivity contribution in [2.45, 2.75) is 25.9 Å². The highest BCUT2D eigenvalue weighted by molar-refractivity contribution is 5.94. The molecule has 1 saturated heterocycles. The summed E-state index contributed by atoms with van der Waals surface area (Å²) >= 11 is 0. The van der Waals surface area contributed by atoms with Crippen molar-refractivity contribution >= 4 is 23.1 Å². The Hall–Kier alpha value is -2.40. The first kappa shape index (κ1) is 14.5. The van der Waals surface area contributed by atoms with E-state index in [0.717, 1.165) is 24.3 Å². The highest BCUT2D eigenvalue weighted by Crippen LogP contribution is 2.18. The molecule has 3 rings (SSSR count). The number of carbonyl (C=O) groups is 1. The molecule has 0 bridgehead atoms. The van der Waals surface area contributed by atoms with Crippen LogP contribution in [0.2, 0.25) is 0 Å². The van der Waals surface area contributed by atoms with Crippen LogP contribution < -0.4 is 10.6 Å². The third kappa shape index (κ3) is 3.62. The maximum absolute atomic E-state index is 11.9. The molecule has 114 valence electrons. The Morgan fingerprint density at radius 1 is 1.18 bits per heavy atom. The number of carbonyl (C=O) groups excluding carboxylic acids is 1. The first-order valence-corrected chi connectivity index (χ1v) is 7.43. The van der Waals surface area contributed by atoms with Crippen LogP contribution in [0.5, 0.6) is 0 Å². The summed E-state index contributed by atoms with van der Waals surface area (Å²) in [5, 5.41) is 6.05. The van der Waals surface area contributed by atoms with Gasteiger partial charge in [0.1, 0.15) is 11.9 Å².